The van der Waals surface area contributed by atoms with Gasteiger partial charge in [-0.15, -0.1) is 0 Å². The van der Waals surface area contributed by atoms with Gasteiger partial charge < -0.3 is 5.73 Å². The van der Waals surface area contributed by atoms with E-state index in [1.807, 2.05) is 32.2 Å². The number of fused-ring (bicyclic) bond motifs is 2. The van der Waals surface area contributed by atoms with E-state index < -0.39 is 0 Å². The molecule has 0 aliphatic heterocycles. The highest BCUT2D eigenvalue weighted by Crippen LogP contribution is 2.45. The summed E-state index contributed by atoms with van der Waals surface area (Å²) in [5.41, 5.74) is 19.5. The largest absolute Gasteiger partial charge is 0.397 e. The number of aromatic nitrogens is 1. The molecule has 0 spiro atoms. The molecule has 1 aromatic heterocycles. The molecule has 2 heteroatoms. The quantitative estimate of drug-likeness (QED) is 0.140. The number of hydrogen-bond acceptors (Lipinski definition) is 2. The monoisotopic (exact) mass is 634 g/mol. The summed E-state index contributed by atoms with van der Waals surface area (Å²) in [6, 6.07) is 46.0. The molecule has 240 valence electrons. The average molecular weight is 635 g/mol. The summed E-state index contributed by atoms with van der Waals surface area (Å²) in [5, 5.41) is 4.85. The van der Waals surface area contributed by atoms with Crippen LogP contribution in [0.25, 0.3) is 71.6 Å². The maximum Gasteiger partial charge on any atom is 0.0506 e. The lowest BCUT2D eigenvalue weighted by atomic mass is 9.84. The Labute approximate surface area is 290 Å². The van der Waals surface area contributed by atoms with Gasteiger partial charge in [0.05, 0.1) is 5.69 Å². The molecule has 0 bridgehead atoms. The van der Waals surface area contributed by atoms with Gasteiger partial charge in [0.25, 0.3) is 0 Å². The van der Waals surface area contributed by atoms with E-state index in [1.54, 1.807) is 6.20 Å². The molecule has 6 aromatic carbocycles. The first-order chi connectivity index (χ1) is 24.0. The van der Waals surface area contributed by atoms with Crippen LogP contribution in [0, 0.1) is 0 Å². The minimum atomic E-state index is 0.652. The van der Waals surface area contributed by atoms with Crippen LogP contribution in [0.1, 0.15) is 33.3 Å². The molecule has 1 heterocycles. The number of nitrogen functional groups attached to an aromatic ring is 1. The van der Waals surface area contributed by atoms with Gasteiger partial charge in [-0.05, 0) is 110 Å². The van der Waals surface area contributed by atoms with Crippen LogP contribution in [0.3, 0.4) is 0 Å². The Morgan fingerprint density at radius 1 is 0.571 bits per heavy atom. The molecule has 2 nitrogen and oxygen atoms in total. The molecule has 7 rings (SSSR count). The average Bonchev–Trinajstić information content (AvgIpc) is 3.16. The molecular formula is C47H42N2. The van der Waals surface area contributed by atoms with Gasteiger partial charge >= 0.3 is 0 Å². The maximum atomic E-state index is 6.13. The zero-order valence-electron chi connectivity index (χ0n) is 28.7. The van der Waals surface area contributed by atoms with Crippen molar-refractivity contribution in [3.8, 4) is 44.5 Å². The van der Waals surface area contributed by atoms with Crippen LogP contribution < -0.4 is 5.73 Å². The maximum absolute atomic E-state index is 6.13. The second-order valence-electron chi connectivity index (χ2n) is 11.9. The van der Waals surface area contributed by atoms with E-state index in [1.165, 1.54) is 60.5 Å². The standard InChI is InChI=1S/C45H36N2.C2H6/c1-4-30(3)23-31(5-2)33-15-11-17-36(24-33)44-40-19-9-10-20-41(40)45(37-18-12-16-34(25-37)38-26-39(46)29-47-28-38)43-27-35(21-22-42(43)44)32-13-7-6-8-14-32;1-2/h4-29H,1,46H2,2-3H3;1-2H3/b30-23-,31-5+;. The van der Waals surface area contributed by atoms with Crippen molar-refractivity contribution >= 4 is 32.8 Å². The van der Waals surface area contributed by atoms with Crippen LogP contribution in [0.4, 0.5) is 5.69 Å². The van der Waals surface area contributed by atoms with E-state index in [0.29, 0.717) is 5.69 Å². The third-order valence-electron chi connectivity index (χ3n) is 8.88. The van der Waals surface area contributed by atoms with Crippen molar-refractivity contribution in [3.05, 3.63) is 176 Å². The van der Waals surface area contributed by atoms with Crippen molar-refractivity contribution < 1.29 is 0 Å². The molecule has 0 amide bonds. The first kappa shape index (κ1) is 32.9. The van der Waals surface area contributed by atoms with E-state index in [0.717, 1.165) is 22.3 Å². The van der Waals surface area contributed by atoms with Gasteiger partial charge in [0, 0.05) is 18.0 Å². The van der Waals surface area contributed by atoms with Crippen LogP contribution in [0.5, 0.6) is 0 Å². The summed E-state index contributed by atoms with van der Waals surface area (Å²) in [7, 11) is 0. The fourth-order valence-corrected chi connectivity index (χ4v) is 6.57. The topological polar surface area (TPSA) is 38.9 Å². The molecule has 0 radical (unpaired) electrons. The van der Waals surface area contributed by atoms with Crippen LogP contribution in [-0.4, -0.2) is 4.98 Å². The van der Waals surface area contributed by atoms with Crippen molar-refractivity contribution in [1.29, 1.82) is 0 Å². The predicted molar refractivity (Wildman–Crippen MR) is 214 cm³/mol. The SMILES string of the molecule is C=C/C(C)=C\C(=C/C)c1cccc(-c2c3ccccc3c(-c3cccc(-c4cncc(N)c4)c3)c3cc(-c4ccccc4)ccc23)c1.CC. The summed E-state index contributed by atoms with van der Waals surface area (Å²) in [6.45, 7) is 12.1. The lowest BCUT2D eigenvalue weighted by Gasteiger charge is -2.19. The summed E-state index contributed by atoms with van der Waals surface area (Å²) < 4.78 is 0. The fourth-order valence-electron chi connectivity index (χ4n) is 6.57. The van der Waals surface area contributed by atoms with Gasteiger partial charge in [0.1, 0.15) is 0 Å². The second kappa shape index (κ2) is 14.8. The molecular weight excluding hydrogens is 593 g/mol. The predicted octanol–water partition coefficient (Wildman–Crippen LogP) is 13.2. The van der Waals surface area contributed by atoms with Gasteiger partial charge in [-0.2, -0.15) is 0 Å². The number of hydrogen-bond donors (Lipinski definition) is 1. The molecule has 0 unspecified atom stereocenters. The van der Waals surface area contributed by atoms with Gasteiger partial charge in [-0.1, -0.05) is 147 Å². The van der Waals surface area contributed by atoms with Gasteiger partial charge in [0.2, 0.25) is 0 Å². The van der Waals surface area contributed by atoms with Crippen molar-refractivity contribution in [2.75, 3.05) is 5.73 Å². The van der Waals surface area contributed by atoms with Crippen LogP contribution in [0.2, 0.25) is 0 Å². The molecule has 0 atom stereocenters. The van der Waals surface area contributed by atoms with E-state index >= 15 is 0 Å². The highest BCUT2D eigenvalue weighted by atomic mass is 14.7. The smallest absolute Gasteiger partial charge is 0.0506 e. The second-order valence-corrected chi connectivity index (χ2v) is 11.9. The van der Waals surface area contributed by atoms with Crippen molar-refractivity contribution in [2.45, 2.75) is 27.7 Å². The van der Waals surface area contributed by atoms with E-state index in [-0.39, 0.29) is 0 Å². The summed E-state index contributed by atoms with van der Waals surface area (Å²) in [4.78, 5) is 4.36. The minimum Gasteiger partial charge on any atom is -0.397 e. The van der Waals surface area contributed by atoms with Crippen molar-refractivity contribution in [2.24, 2.45) is 0 Å². The number of benzene rings is 6. The number of nitrogens with zero attached hydrogens (tertiary/aromatic N) is 1. The van der Waals surface area contributed by atoms with Crippen LogP contribution >= 0.6 is 0 Å². The Morgan fingerprint density at radius 3 is 1.86 bits per heavy atom. The molecule has 0 aliphatic rings. The number of rotatable bonds is 7. The van der Waals surface area contributed by atoms with Gasteiger partial charge in [0.15, 0.2) is 0 Å². The molecule has 49 heavy (non-hydrogen) atoms. The lowest BCUT2D eigenvalue weighted by molar-refractivity contribution is 1.33. The number of nitrogens with two attached hydrogens (primary N) is 1. The highest BCUT2D eigenvalue weighted by molar-refractivity contribution is 6.22. The zero-order chi connectivity index (χ0) is 34.3. The van der Waals surface area contributed by atoms with E-state index in [9.17, 15) is 0 Å². The summed E-state index contributed by atoms with van der Waals surface area (Å²) in [6.07, 6.45) is 9.82. The third kappa shape index (κ3) is 6.72. The van der Waals surface area contributed by atoms with Gasteiger partial charge in [-0.25, -0.2) is 0 Å². The number of allylic oxidation sites excluding steroid dienone is 5. The Morgan fingerprint density at radius 2 is 1.16 bits per heavy atom. The third-order valence-corrected chi connectivity index (χ3v) is 8.88. The Balaban J connectivity index is 0.00000205. The van der Waals surface area contributed by atoms with E-state index in [4.69, 9.17) is 5.73 Å². The number of pyridine rings is 1. The summed E-state index contributed by atoms with van der Waals surface area (Å²) >= 11 is 0. The van der Waals surface area contributed by atoms with Crippen LogP contribution in [0.15, 0.2) is 170 Å². The molecule has 0 aliphatic carbocycles. The van der Waals surface area contributed by atoms with E-state index in [2.05, 4.69) is 159 Å². The Hall–Kier alpha value is -5.99. The molecule has 0 saturated heterocycles. The van der Waals surface area contributed by atoms with Crippen LogP contribution in [-0.2, 0) is 0 Å². The minimum absolute atomic E-state index is 0.652. The molecule has 0 saturated carbocycles. The molecule has 2 N–H and O–H groups in total. The first-order valence-corrected chi connectivity index (χ1v) is 17.0. The fraction of sp³-hybridized carbons (Fsp3) is 0.0851. The molecule has 7 aromatic rings. The highest BCUT2D eigenvalue weighted by Gasteiger charge is 2.18. The number of anilines is 1. The van der Waals surface area contributed by atoms with Crippen molar-refractivity contribution in [3.63, 3.8) is 0 Å². The van der Waals surface area contributed by atoms with Crippen molar-refractivity contribution in [1.82, 2.24) is 4.98 Å². The normalized spacial score (nSPS) is 11.7. The summed E-state index contributed by atoms with van der Waals surface area (Å²) in [5.74, 6) is 0. The zero-order valence-corrected chi connectivity index (χ0v) is 28.7. The Bertz CT molecular complexity index is 2340. The Kier molecular flexibility index (Phi) is 9.97. The lowest BCUT2D eigenvalue weighted by Crippen LogP contribution is -1.93. The molecule has 0 fully saturated rings. The first-order valence-electron chi connectivity index (χ1n) is 17.0. The van der Waals surface area contributed by atoms with Gasteiger partial charge in [-0.3, -0.25) is 4.98 Å².